The smallest absolute Gasteiger partial charge is 0.416 e. The molecule has 0 aliphatic rings. The number of hydrogen-bond donors (Lipinski definition) is 1. The predicted molar refractivity (Wildman–Crippen MR) is 106 cm³/mol. The number of anilines is 1. The van der Waals surface area contributed by atoms with E-state index in [1.807, 2.05) is 0 Å². The highest BCUT2D eigenvalue weighted by Gasteiger charge is 2.30. The van der Waals surface area contributed by atoms with Gasteiger partial charge >= 0.3 is 12.1 Å². The number of alkyl halides is 3. The van der Waals surface area contributed by atoms with Crippen LogP contribution in [0.2, 0.25) is 0 Å². The van der Waals surface area contributed by atoms with Gasteiger partial charge < -0.3 is 10.1 Å². The van der Waals surface area contributed by atoms with E-state index in [0.717, 1.165) is 22.9 Å². The Hall–Kier alpha value is -3.69. The van der Waals surface area contributed by atoms with E-state index in [4.69, 9.17) is 4.74 Å². The number of carbonyl (C=O) groups excluding carboxylic acids is 2. The second-order valence-corrected chi connectivity index (χ2v) is 6.56. The molecule has 0 aliphatic heterocycles. The number of rotatable bonds is 6. The molecular formula is C21H18F3N3O4. The first-order chi connectivity index (χ1) is 14.7. The van der Waals surface area contributed by atoms with Crippen LogP contribution in [0.25, 0.3) is 10.8 Å². The van der Waals surface area contributed by atoms with Gasteiger partial charge in [-0.2, -0.15) is 18.3 Å². The highest BCUT2D eigenvalue weighted by atomic mass is 19.4. The lowest BCUT2D eigenvalue weighted by Gasteiger charge is -2.12. The van der Waals surface area contributed by atoms with Gasteiger partial charge in [0.25, 0.3) is 5.56 Å². The van der Waals surface area contributed by atoms with Crippen LogP contribution in [0.4, 0.5) is 18.9 Å². The zero-order valence-corrected chi connectivity index (χ0v) is 16.4. The molecule has 31 heavy (non-hydrogen) atoms. The van der Waals surface area contributed by atoms with Gasteiger partial charge in [-0.15, -0.1) is 0 Å². The Morgan fingerprint density at radius 2 is 1.81 bits per heavy atom. The lowest BCUT2D eigenvalue weighted by Crippen LogP contribution is -2.31. The summed E-state index contributed by atoms with van der Waals surface area (Å²) in [6, 6.07) is 10.6. The van der Waals surface area contributed by atoms with Crippen LogP contribution in [0.15, 0.2) is 53.3 Å². The highest BCUT2D eigenvalue weighted by molar-refractivity contribution is 5.91. The minimum Gasteiger partial charge on any atom is -0.466 e. The number of esters is 1. The van der Waals surface area contributed by atoms with Crippen LogP contribution in [-0.4, -0.2) is 28.3 Å². The summed E-state index contributed by atoms with van der Waals surface area (Å²) in [4.78, 5) is 37.0. The molecule has 0 bridgehead atoms. The molecule has 162 valence electrons. The Morgan fingerprint density at radius 3 is 2.48 bits per heavy atom. The number of aromatic nitrogens is 2. The average molecular weight is 433 g/mol. The van der Waals surface area contributed by atoms with Crippen molar-refractivity contribution in [1.82, 2.24) is 9.78 Å². The maximum Gasteiger partial charge on any atom is 0.416 e. The van der Waals surface area contributed by atoms with E-state index in [9.17, 15) is 27.6 Å². The SMILES string of the molecule is CCOC(=O)Cc1nn(CC(=O)Nc2cccc(C(F)(F)F)c2)c(=O)c2ccccc12. The van der Waals surface area contributed by atoms with Gasteiger partial charge in [0.2, 0.25) is 5.91 Å². The molecule has 1 amide bonds. The van der Waals surface area contributed by atoms with Crippen molar-refractivity contribution in [3.63, 3.8) is 0 Å². The Balaban J connectivity index is 1.89. The van der Waals surface area contributed by atoms with Crippen LogP contribution in [0.1, 0.15) is 18.2 Å². The van der Waals surface area contributed by atoms with E-state index >= 15 is 0 Å². The molecular weight excluding hydrogens is 415 g/mol. The summed E-state index contributed by atoms with van der Waals surface area (Å²) in [5.41, 5.74) is -1.30. The van der Waals surface area contributed by atoms with Crippen LogP contribution in [0.5, 0.6) is 0 Å². The van der Waals surface area contributed by atoms with Gasteiger partial charge in [0, 0.05) is 11.1 Å². The first-order valence-electron chi connectivity index (χ1n) is 9.30. The summed E-state index contributed by atoms with van der Waals surface area (Å²) in [7, 11) is 0. The summed E-state index contributed by atoms with van der Waals surface area (Å²) in [5.74, 6) is -1.29. The second-order valence-electron chi connectivity index (χ2n) is 6.56. The monoisotopic (exact) mass is 433 g/mol. The van der Waals surface area contributed by atoms with E-state index in [-0.39, 0.29) is 29.8 Å². The summed E-state index contributed by atoms with van der Waals surface area (Å²) in [6.45, 7) is 1.29. The van der Waals surface area contributed by atoms with Gasteiger partial charge in [-0.3, -0.25) is 14.4 Å². The third-order valence-corrected chi connectivity index (χ3v) is 4.33. The van der Waals surface area contributed by atoms with E-state index < -0.39 is 35.7 Å². The number of benzene rings is 2. The van der Waals surface area contributed by atoms with Crippen molar-refractivity contribution in [2.24, 2.45) is 0 Å². The Morgan fingerprint density at radius 1 is 1.10 bits per heavy atom. The molecule has 0 aliphatic carbocycles. The van der Waals surface area contributed by atoms with Gasteiger partial charge in [0.1, 0.15) is 6.54 Å². The van der Waals surface area contributed by atoms with Crippen molar-refractivity contribution in [2.75, 3.05) is 11.9 Å². The van der Waals surface area contributed by atoms with Crippen molar-refractivity contribution in [3.05, 3.63) is 70.1 Å². The third kappa shape index (κ3) is 5.27. The minimum absolute atomic E-state index is 0.0691. The average Bonchev–Trinajstić information content (AvgIpc) is 2.71. The minimum atomic E-state index is -4.56. The van der Waals surface area contributed by atoms with Crippen LogP contribution in [-0.2, 0) is 33.5 Å². The molecule has 0 radical (unpaired) electrons. The summed E-state index contributed by atoms with van der Waals surface area (Å²) in [6.07, 6.45) is -4.76. The standard InChI is InChI=1S/C21H18F3N3O4/c1-2-31-19(29)11-17-15-8-3-4-9-16(15)20(30)27(26-17)12-18(28)25-14-7-5-6-13(10-14)21(22,23)24/h3-10H,2,11-12H2,1H3,(H,25,28). The first-order valence-corrected chi connectivity index (χ1v) is 9.30. The number of fused-ring (bicyclic) bond motifs is 1. The highest BCUT2D eigenvalue weighted by Crippen LogP contribution is 2.30. The van der Waals surface area contributed by atoms with Crippen molar-refractivity contribution in [3.8, 4) is 0 Å². The molecule has 1 heterocycles. The number of hydrogen-bond acceptors (Lipinski definition) is 5. The number of carbonyl (C=O) groups is 2. The zero-order valence-electron chi connectivity index (χ0n) is 16.4. The number of amides is 1. The topological polar surface area (TPSA) is 90.3 Å². The molecule has 0 saturated heterocycles. The fourth-order valence-electron chi connectivity index (χ4n) is 3.00. The molecule has 0 atom stereocenters. The zero-order chi connectivity index (χ0) is 22.6. The molecule has 0 saturated carbocycles. The Labute approximate surface area is 174 Å². The molecule has 1 aromatic heterocycles. The van der Waals surface area contributed by atoms with Gasteiger partial charge in [-0.1, -0.05) is 24.3 Å². The first kappa shape index (κ1) is 22.0. The third-order valence-electron chi connectivity index (χ3n) is 4.33. The summed E-state index contributed by atoms with van der Waals surface area (Å²) < 4.78 is 44.4. The molecule has 7 nitrogen and oxygen atoms in total. The quantitative estimate of drug-likeness (QED) is 0.603. The van der Waals surface area contributed by atoms with Crippen molar-refractivity contribution < 1.29 is 27.5 Å². The van der Waals surface area contributed by atoms with Gasteiger partial charge in [0.15, 0.2) is 0 Å². The van der Waals surface area contributed by atoms with Gasteiger partial charge in [-0.25, -0.2) is 4.68 Å². The van der Waals surface area contributed by atoms with Crippen molar-refractivity contribution in [2.45, 2.75) is 26.1 Å². The molecule has 10 heteroatoms. The summed E-state index contributed by atoms with van der Waals surface area (Å²) >= 11 is 0. The van der Waals surface area contributed by atoms with E-state index in [1.165, 1.54) is 12.1 Å². The van der Waals surface area contributed by atoms with Gasteiger partial charge in [-0.05, 0) is 31.2 Å². The Bertz CT molecular complexity index is 1190. The lowest BCUT2D eigenvalue weighted by molar-refractivity contribution is -0.142. The van der Waals surface area contributed by atoms with Crippen LogP contribution in [0, 0.1) is 0 Å². The molecule has 0 spiro atoms. The number of nitrogens with zero attached hydrogens (tertiary/aromatic N) is 2. The number of ether oxygens (including phenoxy) is 1. The molecule has 0 unspecified atom stereocenters. The van der Waals surface area contributed by atoms with E-state index in [1.54, 1.807) is 25.1 Å². The second kappa shape index (κ2) is 8.99. The molecule has 0 fully saturated rings. The fraction of sp³-hybridized carbons (Fsp3) is 0.238. The largest absolute Gasteiger partial charge is 0.466 e. The molecule has 3 rings (SSSR count). The van der Waals surface area contributed by atoms with Crippen LogP contribution < -0.4 is 10.9 Å². The predicted octanol–water partition coefficient (Wildman–Crippen LogP) is 3.16. The lowest BCUT2D eigenvalue weighted by atomic mass is 10.1. The van der Waals surface area contributed by atoms with E-state index in [2.05, 4.69) is 10.4 Å². The van der Waals surface area contributed by atoms with E-state index in [0.29, 0.717) is 5.39 Å². The van der Waals surface area contributed by atoms with Crippen molar-refractivity contribution >= 4 is 28.3 Å². The molecule has 1 N–H and O–H groups in total. The maximum absolute atomic E-state index is 12.9. The number of halogens is 3. The van der Waals surface area contributed by atoms with Crippen LogP contribution >= 0.6 is 0 Å². The maximum atomic E-state index is 12.9. The molecule has 2 aromatic carbocycles. The summed E-state index contributed by atoms with van der Waals surface area (Å²) in [5, 5.41) is 7.16. The van der Waals surface area contributed by atoms with Crippen LogP contribution in [0.3, 0.4) is 0 Å². The Kier molecular flexibility index (Phi) is 6.38. The normalized spacial score (nSPS) is 11.4. The molecule has 3 aromatic rings. The fourth-order valence-corrected chi connectivity index (χ4v) is 3.00. The van der Waals surface area contributed by atoms with Crippen molar-refractivity contribution in [1.29, 1.82) is 0 Å². The number of nitrogens with one attached hydrogen (secondary N) is 1. The van der Waals surface area contributed by atoms with Gasteiger partial charge in [0.05, 0.1) is 29.7 Å².